The van der Waals surface area contributed by atoms with Gasteiger partial charge in [0.25, 0.3) is 0 Å². The number of ether oxygens (including phenoxy) is 1. The Hall–Kier alpha value is -1.27. The largest absolute Gasteiger partial charge is 0.377 e. The third-order valence-electron chi connectivity index (χ3n) is 3.33. The van der Waals surface area contributed by atoms with E-state index in [0.717, 1.165) is 24.5 Å². The lowest BCUT2D eigenvalue weighted by Gasteiger charge is -2.36. The molecule has 0 bridgehead atoms. The fraction of sp³-hybridized carbons (Fsp3) is 0.769. The van der Waals surface area contributed by atoms with Crippen LogP contribution in [0.3, 0.4) is 0 Å². The SMILES string of the molecule is Cc1nnc(N2CCOCC2CNC(C)C)nc1C. The first-order valence-electron chi connectivity index (χ1n) is 6.83. The van der Waals surface area contributed by atoms with E-state index in [1.54, 1.807) is 0 Å². The number of hydrogen-bond donors (Lipinski definition) is 1. The maximum Gasteiger partial charge on any atom is 0.246 e. The molecular weight excluding hydrogens is 242 g/mol. The normalized spacial score (nSPS) is 20.1. The molecule has 6 nitrogen and oxygen atoms in total. The summed E-state index contributed by atoms with van der Waals surface area (Å²) in [5.74, 6) is 0.710. The van der Waals surface area contributed by atoms with Gasteiger partial charge in [0, 0.05) is 19.1 Å². The van der Waals surface area contributed by atoms with Crippen LogP contribution in [0.5, 0.6) is 0 Å². The van der Waals surface area contributed by atoms with Crippen molar-refractivity contribution in [1.29, 1.82) is 0 Å². The molecule has 1 N–H and O–H groups in total. The van der Waals surface area contributed by atoms with E-state index in [0.29, 0.717) is 25.2 Å². The third kappa shape index (κ3) is 3.61. The number of rotatable bonds is 4. The molecule has 19 heavy (non-hydrogen) atoms. The van der Waals surface area contributed by atoms with E-state index in [-0.39, 0.29) is 6.04 Å². The first-order valence-corrected chi connectivity index (χ1v) is 6.83. The number of nitrogens with one attached hydrogen (secondary N) is 1. The molecule has 106 valence electrons. The average Bonchev–Trinajstić information content (AvgIpc) is 2.40. The molecule has 1 aliphatic heterocycles. The fourth-order valence-corrected chi connectivity index (χ4v) is 2.03. The van der Waals surface area contributed by atoms with E-state index in [1.807, 2.05) is 13.8 Å². The van der Waals surface area contributed by atoms with Crippen molar-refractivity contribution in [3.63, 3.8) is 0 Å². The van der Waals surface area contributed by atoms with Crippen molar-refractivity contribution in [1.82, 2.24) is 20.5 Å². The summed E-state index contributed by atoms with van der Waals surface area (Å²) in [6.07, 6.45) is 0. The van der Waals surface area contributed by atoms with Crippen molar-refractivity contribution in [2.45, 2.75) is 39.8 Å². The smallest absolute Gasteiger partial charge is 0.246 e. The second-order valence-corrected chi connectivity index (χ2v) is 5.27. The monoisotopic (exact) mass is 265 g/mol. The molecule has 0 amide bonds. The highest BCUT2D eigenvalue weighted by Gasteiger charge is 2.25. The van der Waals surface area contributed by atoms with Gasteiger partial charge in [0.15, 0.2) is 0 Å². The summed E-state index contributed by atoms with van der Waals surface area (Å²) in [5.41, 5.74) is 1.82. The number of hydrogen-bond acceptors (Lipinski definition) is 6. The van der Waals surface area contributed by atoms with Crippen LogP contribution in [0.15, 0.2) is 0 Å². The van der Waals surface area contributed by atoms with Gasteiger partial charge in [0.05, 0.1) is 30.6 Å². The van der Waals surface area contributed by atoms with Gasteiger partial charge in [0.2, 0.25) is 5.95 Å². The van der Waals surface area contributed by atoms with Gasteiger partial charge in [0.1, 0.15) is 0 Å². The van der Waals surface area contributed by atoms with Crippen LogP contribution in [0, 0.1) is 13.8 Å². The third-order valence-corrected chi connectivity index (χ3v) is 3.33. The first kappa shape index (κ1) is 14.1. The zero-order valence-electron chi connectivity index (χ0n) is 12.2. The molecule has 1 aromatic heterocycles. The number of aromatic nitrogens is 3. The molecular formula is C13H23N5O. The van der Waals surface area contributed by atoms with Gasteiger partial charge in [-0.25, -0.2) is 4.98 Å². The molecule has 1 unspecified atom stereocenters. The predicted molar refractivity (Wildman–Crippen MR) is 74.4 cm³/mol. The van der Waals surface area contributed by atoms with Crippen LogP contribution in [0.2, 0.25) is 0 Å². The first-order chi connectivity index (χ1) is 9.08. The fourth-order valence-electron chi connectivity index (χ4n) is 2.03. The lowest BCUT2D eigenvalue weighted by molar-refractivity contribution is 0.0922. The van der Waals surface area contributed by atoms with E-state index in [4.69, 9.17) is 4.74 Å². The zero-order chi connectivity index (χ0) is 13.8. The van der Waals surface area contributed by atoms with Crippen molar-refractivity contribution in [3.05, 3.63) is 11.4 Å². The predicted octanol–water partition coefficient (Wildman–Crippen LogP) is 0.692. The summed E-state index contributed by atoms with van der Waals surface area (Å²) in [7, 11) is 0. The highest BCUT2D eigenvalue weighted by atomic mass is 16.5. The summed E-state index contributed by atoms with van der Waals surface area (Å²) >= 11 is 0. The Morgan fingerprint density at radius 2 is 2.11 bits per heavy atom. The molecule has 1 atom stereocenters. The van der Waals surface area contributed by atoms with Crippen molar-refractivity contribution < 1.29 is 4.74 Å². The molecule has 1 aliphatic rings. The van der Waals surface area contributed by atoms with Gasteiger partial charge in [-0.05, 0) is 13.8 Å². The van der Waals surface area contributed by atoms with Crippen LogP contribution in [0.1, 0.15) is 25.2 Å². The Balaban J connectivity index is 2.11. The van der Waals surface area contributed by atoms with E-state index in [9.17, 15) is 0 Å². The maximum absolute atomic E-state index is 5.56. The second-order valence-electron chi connectivity index (χ2n) is 5.27. The quantitative estimate of drug-likeness (QED) is 0.864. The molecule has 0 spiro atoms. The molecule has 6 heteroatoms. The Labute approximate surface area is 114 Å². The van der Waals surface area contributed by atoms with Gasteiger partial charge in [-0.2, -0.15) is 5.10 Å². The van der Waals surface area contributed by atoms with Crippen molar-refractivity contribution in [3.8, 4) is 0 Å². The van der Waals surface area contributed by atoms with E-state index in [1.165, 1.54) is 0 Å². The van der Waals surface area contributed by atoms with Crippen LogP contribution in [0.4, 0.5) is 5.95 Å². The highest BCUT2D eigenvalue weighted by molar-refractivity contribution is 5.32. The van der Waals surface area contributed by atoms with Crippen LogP contribution < -0.4 is 10.2 Å². The van der Waals surface area contributed by atoms with Gasteiger partial charge in [-0.3, -0.25) is 0 Å². The van der Waals surface area contributed by atoms with Crippen molar-refractivity contribution >= 4 is 5.95 Å². The summed E-state index contributed by atoms with van der Waals surface area (Å²) in [6.45, 7) is 11.3. The molecule has 0 saturated carbocycles. The van der Waals surface area contributed by atoms with Gasteiger partial charge >= 0.3 is 0 Å². The summed E-state index contributed by atoms with van der Waals surface area (Å²) in [6, 6.07) is 0.725. The molecule has 1 fully saturated rings. The minimum Gasteiger partial charge on any atom is -0.377 e. The number of morpholine rings is 1. The second kappa shape index (κ2) is 6.25. The maximum atomic E-state index is 5.56. The minimum atomic E-state index is 0.264. The van der Waals surface area contributed by atoms with Crippen molar-refractivity contribution in [2.75, 3.05) is 31.2 Å². The summed E-state index contributed by atoms with van der Waals surface area (Å²) < 4.78 is 5.56. The van der Waals surface area contributed by atoms with Crippen LogP contribution in [-0.4, -0.2) is 53.6 Å². The van der Waals surface area contributed by atoms with E-state index >= 15 is 0 Å². The Bertz CT molecular complexity index is 423. The molecule has 0 aliphatic carbocycles. The Morgan fingerprint density at radius 1 is 1.32 bits per heavy atom. The average molecular weight is 265 g/mol. The van der Waals surface area contributed by atoms with Crippen LogP contribution in [0.25, 0.3) is 0 Å². The van der Waals surface area contributed by atoms with Gasteiger partial charge in [-0.1, -0.05) is 13.8 Å². The Morgan fingerprint density at radius 3 is 2.79 bits per heavy atom. The minimum absolute atomic E-state index is 0.264. The topological polar surface area (TPSA) is 63.2 Å². The molecule has 0 radical (unpaired) electrons. The van der Waals surface area contributed by atoms with Crippen LogP contribution in [-0.2, 0) is 4.74 Å². The lowest BCUT2D eigenvalue weighted by Crippen LogP contribution is -2.52. The van der Waals surface area contributed by atoms with E-state index < -0.39 is 0 Å². The van der Waals surface area contributed by atoms with E-state index in [2.05, 4.69) is 39.2 Å². The lowest BCUT2D eigenvalue weighted by atomic mass is 10.2. The van der Waals surface area contributed by atoms with Gasteiger partial charge in [-0.15, -0.1) is 5.10 Å². The summed E-state index contributed by atoms with van der Waals surface area (Å²) in [4.78, 5) is 6.74. The van der Waals surface area contributed by atoms with Crippen LogP contribution >= 0.6 is 0 Å². The number of aryl methyl sites for hydroxylation is 2. The molecule has 2 heterocycles. The highest BCUT2D eigenvalue weighted by Crippen LogP contribution is 2.15. The summed E-state index contributed by atoms with van der Waals surface area (Å²) in [5, 5.41) is 11.8. The Kier molecular flexibility index (Phi) is 4.66. The molecule has 2 rings (SSSR count). The standard InChI is InChI=1S/C13H23N5O/c1-9(2)14-7-12-8-19-6-5-18(12)13-15-10(3)11(4)16-17-13/h9,12,14H,5-8H2,1-4H3. The molecule has 0 aromatic carbocycles. The zero-order valence-corrected chi connectivity index (χ0v) is 12.2. The van der Waals surface area contributed by atoms with Gasteiger partial charge < -0.3 is 15.0 Å². The molecule has 1 saturated heterocycles. The van der Waals surface area contributed by atoms with Crippen molar-refractivity contribution in [2.24, 2.45) is 0 Å². The molecule has 1 aromatic rings. The number of anilines is 1. The number of nitrogens with zero attached hydrogens (tertiary/aromatic N) is 4.